The highest BCUT2D eigenvalue weighted by Crippen LogP contribution is 2.37. The molecule has 4 rings (SSSR count). The molecule has 0 aliphatic carbocycles. The van der Waals surface area contributed by atoms with Crippen LogP contribution in [0.5, 0.6) is 0 Å². The quantitative estimate of drug-likeness (QED) is 0.122. The third kappa shape index (κ3) is 7.95. The van der Waals surface area contributed by atoms with Crippen molar-refractivity contribution in [1.29, 1.82) is 0 Å². The molecule has 216 valence electrons. The van der Waals surface area contributed by atoms with Gasteiger partial charge in [-0.25, -0.2) is 15.0 Å². The van der Waals surface area contributed by atoms with Crippen molar-refractivity contribution in [2.24, 2.45) is 13.0 Å². The number of hydrogen-bond donors (Lipinski definition) is 3. The summed E-state index contributed by atoms with van der Waals surface area (Å²) >= 11 is 0. The molecule has 3 heterocycles. The summed E-state index contributed by atoms with van der Waals surface area (Å²) in [5, 5.41) is 7.20. The predicted molar refractivity (Wildman–Crippen MR) is 160 cm³/mol. The third-order valence-electron chi connectivity index (χ3n) is 7.27. The van der Waals surface area contributed by atoms with E-state index >= 15 is 0 Å². The van der Waals surface area contributed by atoms with Crippen LogP contribution in [0.3, 0.4) is 0 Å². The molecule has 1 amide bonds. The standard InChI is InChI=1S/C29H37FN8O2Si/c1-29(2,3)41(5,6)40-19-22(16-20-10-8-7-9-11-20)27(39)37-36-25-18-21(17-24(30)34-25)23-12-14-31-28(33-23)35-26-13-15-32-38(26)4/h7-15,17-18,22H,16,19H2,1-6H3,(H,34,36)(H,37,39)(H,31,33,35). The second-order valence-electron chi connectivity index (χ2n) is 11.4. The minimum Gasteiger partial charge on any atom is -0.416 e. The first-order valence-electron chi connectivity index (χ1n) is 13.4. The average Bonchev–Trinajstić information content (AvgIpc) is 3.33. The molecule has 0 radical (unpaired) electrons. The highest BCUT2D eigenvalue weighted by Gasteiger charge is 2.38. The minimum absolute atomic E-state index is 0.00896. The van der Waals surface area contributed by atoms with Crippen LogP contribution in [-0.2, 0) is 22.7 Å². The largest absolute Gasteiger partial charge is 0.416 e. The second kappa shape index (κ2) is 12.6. The van der Waals surface area contributed by atoms with Crippen LogP contribution in [0.4, 0.5) is 22.0 Å². The Kier molecular flexibility index (Phi) is 9.13. The number of carbonyl (C=O) groups excluding carboxylic acids is 1. The Labute approximate surface area is 240 Å². The van der Waals surface area contributed by atoms with Crippen LogP contribution in [0.1, 0.15) is 26.3 Å². The first-order chi connectivity index (χ1) is 19.4. The molecule has 12 heteroatoms. The minimum atomic E-state index is -2.08. The summed E-state index contributed by atoms with van der Waals surface area (Å²) in [6.45, 7) is 11.1. The van der Waals surface area contributed by atoms with E-state index in [1.165, 1.54) is 6.07 Å². The van der Waals surface area contributed by atoms with Gasteiger partial charge in [-0.15, -0.1) is 0 Å². The fourth-order valence-electron chi connectivity index (χ4n) is 3.78. The number of hydrogen-bond acceptors (Lipinski definition) is 8. The Bertz CT molecular complexity index is 1470. The van der Waals surface area contributed by atoms with Crippen molar-refractivity contribution in [2.45, 2.75) is 45.3 Å². The molecule has 0 fully saturated rings. The van der Waals surface area contributed by atoms with Crippen LogP contribution in [-0.4, -0.2) is 45.6 Å². The first-order valence-corrected chi connectivity index (χ1v) is 16.3. The van der Waals surface area contributed by atoms with Crippen molar-refractivity contribution in [2.75, 3.05) is 17.3 Å². The number of hydrazine groups is 1. The maximum Gasteiger partial charge on any atom is 0.244 e. The third-order valence-corrected chi connectivity index (χ3v) is 11.8. The number of benzene rings is 1. The number of aromatic nitrogens is 5. The molecule has 0 saturated heterocycles. The molecule has 1 aromatic carbocycles. The fraction of sp³-hybridized carbons (Fsp3) is 0.345. The lowest BCUT2D eigenvalue weighted by molar-refractivity contribution is -0.125. The number of anilines is 3. The summed E-state index contributed by atoms with van der Waals surface area (Å²) in [5.74, 6) is -0.287. The highest BCUT2D eigenvalue weighted by atomic mass is 28.4. The molecule has 0 bridgehead atoms. The number of pyridine rings is 1. The van der Waals surface area contributed by atoms with Crippen LogP contribution in [0, 0.1) is 11.9 Å². The van der Waals surface area contributed by atoms with E-state index in [0.717, 1.165) is 5.56 Å². The molecular weight excluding hydrogens is 539 g/mol. The van der Waals surface area contributed by atoms with Crippen molar-refractivity contribution in [3.8, 4) is 11.3 Å². The SMILES string of the molecule is Cn1nccc1Nc1nccc(-c2cc(F)nc(NNC(=O)C(CO[Si](C)(C)C(C)(C)C)Cc3ccccc3)c2)n1. The summed E-state index contributed by atoms with van der Waals surface area (Å²) in [7, 11) is -0.291. The molecular formula is C29H37FN8O2Si. The van der Waals surface area contributed by atoms with Crippen molar-refractivity contribution < 1.29 is 13.6 Å². The molecule has 3 aromatic heterocycles. The Morgan fingerprint density at radius 1 is 1.07 bits per heavy atom. The lowest BCUT2D eigenvalue weighted by Gasteiger charge is -2.37. The zero-order valence-electron chi connectivity index (χ0n) is 24.3. The molecule has 0 saturated carbocycles. The van der Waals surface area contributed by atoms with E-state index in [2.05, 4.69) is 70.1 Å². The van der Waals surface area contributed by atoms with Crippen LogP contribution in [0.25, 0.3) is 11.3 Å². The Balaban J connectivity index is 1.48. The number of amides is 1. The van der Waals surface area contributed by atoms with Gasteiger partial charge in [-0.2, -0.15) is 9.49 Å². The van der Waals surface area contributed by atoms with Crippen LogP contribution >= 0.6 is 0 Å². The van der Waals surface area contributed by atoms with Gasteiger partial charge in [0.2, 0.25) is 17.8 Å². The van der Waals surface area contributed by atoms with Gasteiger partial charge < -0.3 is 9.74 Å². The van der Waals surface area contributed by atoms with Crippen LogP contribution < -0.4 is 16.2 Å². The molecule has 10 nitrogen and oxygen atoms in total. The molecule has 0 aliphatic rings. The molecule has 4 aromatic rings. The van der Waals surface area contributed by atoms with E-state index in [-0.39, 0.29) is 23.4 Å². The number of halogens is 1. The van der Waals surface area contributed by atoms with Gasteiger partial charge in [0.1, 0.15) is 11.6 Å². The van der Waals surface area contributed by atoms with E-state index in [1.807, 2.05) is 30.3 Å². The van der Waals surface area contributed by atoms with Crippen molar-refractivity contribution in [1.82, 2.24) is 30.2 Å². The van der Waals surface area contributed by atoms with Gasteiger partial charge in [-0.05, 0) is 42.2 Å². The summed E-state index contributed by atoms with van der Waals surface area (Å²) in [6.07, 6.45) is 3.73. The molecule has 41 heavy (non-hydrogen) atoms. The predicted octanol–water partition coefficient (Wildman–Crippen LogP) is 5.48. The Morgan fingerprint density at radius 3 is 2.51 bits per heavy atom. The smallest absolute Gasteiger partial charge is 0.244 e. The maximum absolute atomic E-state index is 14.6. The van der Waals surface area contributed by atoms with E-state index in [4.69, 9.17) is 4.43 Å². The number of nitrogens with one attached hydrogen (secondary N) is 3. The number of carbonyl (C=O) groups is 1. The number of aryl methyl sites for hydroxylation is 1. The maximum atomic E-state index is 14.6. The van der Waals surface area contributed by atoms with E-state index in [1.54, 1.807) is 42.3 Å². The van der Waals surface area contributed by atoms with Gasteiger partial charge in [0, 0.05) is 37.5 Å². The second-order valence-corrected chi connectivity index (χ2v) is 16.2. The highest BCUT2D eigenvalue weighted by molar-refractivity contribution is 6.74. The molecule has 0 spiro atoms. The lowest BCUT2D eigenvalue weighted by atomic mass is 10.00. The Hall–Kier alpha value is -4.16. The molecule has 3 N–H and O–H groups in total. The number of nitrogens with zero attached hydrogens (tertiary/aromatic N) is 5. The van der Waals surface area contributed by atoms with Gasteiger partial charge in [-0.3, -0.25) is 20.3 Å². The molecule has 1 unspecified atom stereocenters. The van der Waals surface area contributed by atoms with Gasteiger partial charge >= 0.3 is 0 Å². The zero-order valence-corrected chi connectivity index (χ0v) is 25.3. The van der Waals surface area contributed by atoms with Crippen LogP contribution in [0.15, 0.2) is 67.0 Å². The van der Waals surface area contributed by atoms with Crippen molar-refractivity contribution in [3.63, 3.8) is 0 Å². The summed E-state index contributed by atoms with van der Waals surface area (Å²) < 4.78 is 22.6. The first kappa shape index (κ1) is 29.8. The van der Waals surface area contributed by atoms with Gasteiger partial charge in [0.25, 0.3) is 0 Å². The normalized spacial score (nSPS) is 12.6. The van der Waals surface area contributed by atoms with E-state index in [0.29, 0.717) is 29.4 Å². The average molecular weight is 577 g/mol. The van der Waals surface area contributed by atoms with E-state index in [9.17, 15) is 9.18 Å². The number of rotatable bonds is 11. The van der Waals surface area contributed by atoms with Gasteiger partial charge in [-0.1, -0.05) is 51.1 Å². The Morgan fingerprint density at radius 2 is 1.83 bits per heavy atom. The molecule has 0 aliphatic heterocycles. The monoisotopic (exact) mass is 576 g/mol. The summed E-state index contributed by atoms with van der Waals surface area (Å²) in [6, 6.07) is 16.1. The van der Waals surface area contributed by atoms with Gasteiger partial charge in [0.05, 0.1) is 17.8 Å². The summed E-state index contributed by atoms with van der Waals surface area (Å²) in [5.41, 5.74) is 7.46. The van der Waals surface area contributed by atoms with E-state index < -0.39 is 20.2 Å². The van der Waals surface area contributed by atoms with Gasteiger partial charge in [0.15, 0.2) is 8.32 Å². The van der Waals surface area contributed by atoms with Crippen LogP contribution in [0.2, 0.25) is 18.1 Å². The lowest BCUT2D eigenvalue weighted by Crippen LogP contribution is -2.45. The zero-order chi connectivity index (χ0) is 29.6. The van der Waals surface area contributed by atoms with Crippen molar-refractivity contribution >= 4 is 31.8 Å². The fourth-order valence-corrected chi connectivity index (χ4v) is 4.83. The topological polar surface area (TPSA) is 119 Å². The van der Waals surface area contributed by atoms with Crippen molar-refractivity contribution in [3.05, 3.63) is 78.5 Å². The molecule has 1 atom stereocenters. The summed E-state index contributed by atoms with van der Waals surface area (Å²) in [4.78, 5) is 26.0.